The van der Waals surface area contributed by atoms with Crippen LogP contribution in [-0.4, -0.2) is 0 Å². The van der Waals surface area contributed by atoms with Crippen molar-refractivity contribution in [3.63, 3.8) is 0 Å². The Morgan fingerprint density at radius 3 is 1.20 bits per heavy atom. The van der Waals surface area contributed by atoms with Gasteiger partial charge in [0.15, 0.2) is 11.2 Å². The highest BCUT2D eigenvalue weighted by molar-refractivity contribution is 6.35. The number of halogens is 1. The third kappa shape index (κ3) is 7.50. The second kappa shape index (κ2) is 20.3. The first-order chi connectivity index (χ1) is 42.8. The summed E-state index contributed by atoms with van der Waals surface area (Å²) in [6, 6.07) is 110. The van der Waals surface area contributed by atoms with Crippen molar-refractivity contribution < 1.29 is 8.83 Å². The van der Waals surface area contributed by atoms with Crippen LogP contribution in [0.2, 0.25) is 5.02 Å². The number of hydrogen-bond acceptors (Lipinski definition) is 3. The van der Waals surface area contributed by atoms with E-state index in [2.05, 4.69) is 310 Å². The highest BCUT2D eigenvalue weighted by atomic mass is 35.5. The molecule has 420 valence electrons. The monoisotopic (exact) mass is 1150 g/mol. The quantitative estimate of drug-likeness (QED) is 0.159. The third-order valence-electron chi connectivity index (χ3n) is 19.2. The summed E-state index contributed by atoms with van der Waals surface area (Å²) in [6.45, 7) is 4.68. The number of rotatable bonds is 7. The first-order valence-corrected chi connectivity index (χ1v) is 30.4. The van der Waals surface area contributed by atoms with E-state index in [1.54, 1.807) is 0 Å². The maximum Gasteiger partial charge on any atom is 0.159 e. The average Bonchev–Trinajstić information content (AvgIpc) is 1.56. The van der Waals surface area contributed by atoms with Crippen molar-refractivity contribution in [1.29, 1.82) is 0 Å². The van der Waals surface area contributed by atoms with Crippen LogP contribution < -0.4 is 4.90 Å². The Morgan fingerprint density at radius 1 is 0.307 bits per heavy atom. The number of benzene rings is 13. The molecule has 3 aliphatic rings. The number of anilines is 3. The fourth-order valence-corrected chi connectivity index (χ4v) is 15.7. The molecule has 3 nitrogen and oxygen atoms in total. The number of furan rings is 2. The van der Waals surface area contributed by atoms with Crippen LogP contribution in [0.3, 0.4) is 0 Å². The lowest BCUT2D eigenvalue weighted by molar-refractivity contribution is 0.660. The van der Waals surface area contributed by atoms with Gasteiger partial charge in [0, 0.05) is 38.2 Å². The van der Waals surface area contributed by atoms with Crippen LogP contribution in [0.1, 0.15) is 76.9 Å². The van der Waals surface area contributed by atoms with E-state index in [0.29, 0.717) is 5.02 Å². The standard InChI is InChI=1S/C52H37NO.C31H19ClO.CH4/c1-51(2)42-25-12-11-23-41(42)49-45(51)28-16-29-46(49)53(36-19-7-4-8-20-36)47-30-15-24-40-39-32-31-35(33-48(39)54-50(40)47)52(34-17-5-3-6-18-34)43-26-13-9-21-37(43)38-22-10-14-27-44(38)52;32-28-16-8-13-25-24-18-17-21(19-29(24)33-30(25)28)31(20-9-2-1-3-10-20)26-14-6-4-11-22(26)23-12-5-7-15-27(23)31;/h3-33H,1-2H3;1-19H;1H4. The fraction of sp³-hybridized carbons (Fsp3) is 0.0714. The summed E-state index contributed by atoms with van der Waals surface area (Å²) in [5.74, 6) is 0. The van der Waals surface area contributed by atoms with Gasteiger partial charge in [-0.05, 0) is 126 Å². The second-order valence-electron chi connectivity index (χ2n) is 23.9. The first kappa shape index (κ1) is 53.1. The SMILES string of the molecule is C.CC1(C)c2ccccc2-c2c(N(c3ccccc3)c3cccc4c3oc3cc(C5(c6ccccc6)c6ccccc6-c6ccccc65)ccc34)cccc21.Clc1cccc2c1oc1cc(C3(c4ccccc4)c4ccccc4-c4ccccc43)ccc12. The Bertz CT molecular complexity index is 5140. The van der Waals surface area contributed by atoms with E-state index in [1.807, 2.05) is 12.1 Å². The van der Waals surface area contributed by atoms with Crippen LogP contribution in [-0.2, 0) is 16.2 Å². The van der Waals surface area contributed by atoms with Crippen molar-refractivity contribution in [2.24, 2.45) is 0 Å². The molecule has 2 heterocycles. The van der Waals surface area contributed by atoms with Gasteiger partial charge in [-0.3, -0.25) is 0 Å². The minimum absolute atomic E-state index is 0. The molecule has 15 aromatic rings. The Labute approximate surface area is 518 Å². The van der Waals surface area contributed by atoms with Gasteiger partial charge in [-0.25, -0.2) is 0 Å². The summed E-state index contributed by atoms with van der Waals surface area (Å²) in [5, 5.41) is 4.98. The molecule has 88 heavy (non-hydrogen) atoms. The highest BCUT2D eigenvalue weighted by Gasteiger charge is 2.48. The van der Waals surface area contributed by atoms with Gasteiger partial charge in [-0.2, -0.15) is 0 Å². The van der Waals surface area contributed by atoms with Crippen LogP contribution in [0.5, 0.6) is 0 Å². The minimum Gasteiger partial charge on any atom is -0.454 e. The molecular weight excluding hydrogens is 1090 g/mol. The summed E-state index contributed by atoms with van der Waals surface area (Å²) < 4.78 is 13.5. The van der Waals surface area contributed by atoms with Gasteiger partial charge in [0.05, 0.1) is 27.2 Å². The van der Waals surface area contributed by atoms with Gasteiger partial charge in [0.2, 0.25) is 0 Å². The summed E-state index contributed by atoms with van der Waals surface area (Å²) in [6.07, 6.45) is 0. The average molecular weight is 1150 g/mol. The van der Waals surface area contributed by atoms with Crippen molar-refractivity contribution >= 4 is 72.5 Å². The lowest BCUT2D eigenvalue weighted by Gasteiger charge is -2.33. The Balaban J connectivity index is 0.000000157. The van der Waals surface area contributed by atoms with Crippen LogP contribution in [0.25, 0.3) is 77.3 Å². The van der Waals surface area contributed by atoms with Gasteiger partial charge >= 0.3 is 0 Å². The maximum absolute atomic E-state index is 7.15. The van der Waals surface area contributed by atoms with E-state index >= 15 is 0 Å². The molecule has 0 saturated heterocycles. The molecule has 18 rings (SSSR count). The molecule has 0 unspecified atom stereocenters. The zero-order chi connectivity index (χ0) is 58.0. The summed E-state index contributed by atoms with van der Waals surface area (Å²) in [7, 11) is 0. The van der Waals surface area contributed by atoms with E-state index in [9.17, 15) is 0 Å². The highest BCUT2D eigenvalue weighted by Crippen LogP contribution is 2.60. The van der Waals surface area contributed by atoms with E-state index in [0.717, 1.165) is 60.9 Å². The molecule has 0 atom stereocenters. The largest absolute Gasteiger partial charge is 0.454 e. The van der Waals surface area contributed by atoms with Gasteiger partial charge in [0.1, 0.15) is 11.2 Å². The van der Waals surface area contributed by atoms with Crippen LogP contribution in [0, 0.1) is 0 Å². The Kier molecular flexibility index (Phi) is 12.3. The topological polar surface area (TPSA) is 29.5 Å². The first-order valence-electron chi connectivity index (χ1n) is 30.0. The molecule has 3 aliphatic carbocycles. The predicted molar refractivity (Wildman–Crippen MR) is 366 cm³/mol. The van der Waals surface area contributed by atoms with Crippen molar-refractivity contribution in [2.45, 2.75) is 37.5 Å². The number of nitrogens with zero attached hydrogens (tertiary/aromatic N) is 1. The van der Waals surface area contributed by atoms with E-state index in [4.69, 9.17) is 20.4 Å². The second-order valence-corrected chi connectivity index (χ2v) is 24.3. The Morgan fingerprint density at radius 2 is 0.693 bits per heavy atom. The molecule has 0 spiro atoms. The zero-order valence-electron chi connectivity index (χ0n) is 48.0. The third-order valence-corrected chi connectivity index (χ3v) is 19.5. The van der Waals surface area contributed by atoms with Crippen molar-refractivity contribution in [3.8, 4) is 33.4 Å². The van der Waals surface area contributed by atoms with Gasteiger partial charge in [-0.1, -0.05) is 294 Å². The van der Waals surface area contributed by atoms with Gasteiger partial charge in [-0.15, -0.1) is 0 Å². The Hall–Kier alpha value is -10.5. The molecule has 13 aromatic carbocycles. The fourth-order valence-electron chi connectivity index (χ4n) is 15.5. The molecule has 0 N–H and O–H groups in total. The molecule has 0 radical (unpaired) electrons. The van der Waals surface area contributed by atoms with E-state index in [1.165, 1.54) is 89.0 Å². The van der Waals surface area contributed by atoms with E-state index < -0.39 is 10.8 Å². The summed E-state index contributed by atoms with van der Waals surface area (Å²) in [5.41, 5.74) is 26.0. The summed E-state index contributed by atoms with van der Waals surface area (Å²) >= 11 is 6.46. The van der Waals surface area contributed by atoms with Crippen molar-refractivity contribution in [3.05, 3.63) is 364 Å². The zero-order valence-corrected chi connectivity index (χ0v) is 48.8. The minimum atomic E-state index is -0.495. The number of fused-ring (bicyclic) bond motifs is 15. The smallest absolute Gasteiger partial charge is 0.159 e. The molecule has 4 heteroatoms. The molecule has 0 bridgehead atoms. The molecule has 0 saturated carbocycles. The van der Waals surface area contributed by atoms with Crippen LogP contribution in [0.4, 0.5) is 17.1 Å². The molecule has 0 amide bonds. The maximum atomic E-state index is 7.15. The lowest BCUT2D eigenvalue weighted by Crippen LogP contribution is -2.28. The molecular formula is C84H60ClNO2. The number of para-hydroxylation sites is 3. The molecule has 2 aromatic heterocycles. The molecule has 0 aliphatic heterocycles. The molecule has 0 fully saturated rings. The van der Waals surface area contributed by atoms with Crippen molar-refractivity contribution in [2.75, 3.05) is 4.90 Å². The van der Waals surface area contributed by atoms with Gasteiger partial charge in [0.25, 0.3) is 0 Å². The normalized spacial score (nSPS) is 14.0. The van der Waals surface area contributed by atoms with Gasteiger partial charge < -0.3 is 13.7 Å². The van der Waals surface area contributed by atoms with Crippen molar-refractivity contribution in [1.82, 2.24) is 0 Å². The van der Waals surface area contributed by atoms with E-state index in [-0.39, 0.29) is 12.8 Å². The van der Waals surface area contributed by atoms with Crippen LogP contribution in [0.15, 0.2) is 312 Å². The lowest BCUT2D eigenvalue weighted by atomic mass is 9.67. The summed E-state index contributed by atoms with van der Waals surface area (Å²) in [4.78, 5) is 2.40. The van der Waals surface area contributed by atoms with Crippen LogP contribution >= 0.6 is 11.6 Å². The predicted octanol–water partition coefficient (Wildman–Crippen LogP) is 23.0. The number of hydrogen-bond donors (Lipinski definition) is 0.